The van der Waals surface area contributed by atoms with E-state index < -0.39 is 17.6 Å². The Morgan fingerprint density at radius 2 is 2.07 bits per heavy atom. The molecule has 1 rings (SSSR count). The molecule has 1 fully saturated rings. The van der Waals surface area contributed by atoms with Gasteiger partial charge in [-0.05, 0) is 26.2 Å². The zero-order valence-corrected chi connectivity index (χ0v) is 8.53. The summed E-state index contributed by atoms with van der Waals surface area (Å²) in [4.78, 5) is 11.2. The predicted octanol–water partition coefficient (Wildman–Crippen LogP) is 1.32. The van der Waals surface area contributed by atoms with E-state index in [0.717, 1.165) is 0 Å². The van der Waals surface area contributed by atoms with Crippen LogP contribution in [0.4, 0.5) is 13.2 Å². The van der Waals surface area contributed by atoms with Crippen LogP contribution in [0.3, 0.4) is 0 Å². The molecule has 1 atom stereocenters. The first-order valence-electron chi connectivity index (χ1n) is 4.90. The number of carbonyl (C=O) groups is 1. The van der Waals surface area contributed by atoms with Gasteiger partial charge in [0, 0.05) is 12.5 Å². The molecule has 0 heterocycles. The number of amides is 1. The van der Waals surface area contributed by atoms with Crippen LogP contribution in [0, 0.1) is 0 Å². The van der Waals surface area contributed by atoms with Gasteiger partial charge in [0.25, 0.3) is 0 Å². The highest BCUT2D eigenvalue weighted by Crippen LogP contribution is 2.48. The summed E-state index contributed by atoms with van der Waals surface area (Å²) >= 11 is 0. The summed E-state index contributed by atoms with van der Waals surface area (Å²) in [5, 5.41) is 2.04. The molecule has 3 N–H and O–H groups in total. The minimum absolute atomic E-state index is 0.0135. The average Bonchev–Trinajstić information content (AvgIpc) is 2.80. The molecule has 0 aromatic carbocycles. The molecule has 1 aliphatic carbocycles. The monoisotopic (exact) mass is 224 g/mol. The Kier molecular flexibility index (Phi) is 3.28. The van der Waals surface area contributed by atoms with Crippen molar-refractivity contribution < 1.29 is 18.0 Å². The van der Waals surface area contributed by atoms with Crippen molar-refractivity contribution in [3.05, 3.63) is 0 Å². The quantitative estimate of drug-likeness (QED) is 0.756. The van der Waals surface area contributed by atoms with E-state index in [2.05, 4.69) is 0 Å². The van der Waals surface area contributed by atoms with Crippen LogP contribution in [0.25, 0.3) is 0 Å². The maximum atomic E-state index is 12.4. The van der Waals surface area contributed by atoms with E-state index in [1.807, 2.05) is 5.32 Å². The molecule has 0 spiro atoms. The summed E-state index contributed by atoms with van der Waals surface area (Å²) < 4.78 is 37.2. The van der Waals surface area contributed by atoms with Gasteiger partial charge in [0.2, 0.25) is 5.91 Å². The smallest absolute Gasteiger partial charge is 0.342 e. The molecule has 0 saturated heterocycles. The van der Waals surface area contributed by atoms with Gasteiger partial charge in [-0.1, -0.05) is 0 Å². The standard InChI is InChI=1S/C9H15F3N2O/c1-6(13)2-3-7(15)14-8(4-5-8)9(10,11)12/h6H,2-5,13H2,1H3,(H,14,15). The second-order valence-electron chi connectivity index (χ2n) is 4.14. The Labute approximate surface area is 86.2 Å². The van der Waals surface area contributed by atoms with Gasteiger partial charge in [0.1, 0.15) is 5.54 Å². The molecule has 0 aliphatic heterocycles. The molecule has 1 amide bonds. The van der Waals surface area contributed by atoms with Crippen molar-refractivity contribution in [1.82, 2.24) is 5.32 Å². The van der Waals surface area contributed by atoms with Gasteiger partial charge >= 0.3 is 6.18 Å². The van der Waals surface area contributed by atoms with Crippen LogP contribution in [-0.2, 0) is 4.79 Å². The molecule has 0 aromatic heterocycles. The predicted molar refractivity (Wildman–Crippen MR) is 49.0 cm³/mol. The number of hydrogen-bond acceptors (Lipinski definition) is 2. The van der Waals surface area contributed by atoms with E-state index in [1.165, 1.54) is 0 Å². The van der Waals surface area contributed by atoms with Crippen molar-refractivity contribution in [3.63, 3.8) is 0 Å². The zero-order valence-electron chi connectivity index (χ0n) is 8.53. The Balaban J connectivity index is 2.39. The van der Waals surface area contributed by atoms with Gasteiger partial charge in [-0.15, -0.1) is 0 Å². The summed E-state index contributed by atoms with van der Waals surface area (Å²) in [5.74, 6) is -0.567. The van der Waals surface area contributed by atoms with Crippen LogP contribution in [0.5, 0.6) is 0 Å². The van der Waals surface area contributed by atoms with Gasteiger partial charge in [0.15, 0.2) is 0 Å². The van der Waals surface area contributed by atoms with Crippen molar-refractivity contribution in [2.75, 3.05) is 0 Å². The van der Waals surface area contributed by atoms with E-state index in [4.69, 9.17) is 5.73 Å². The first-order valence-corrected chi connectivity index (χ1v) is 4.90. The van der Waals surface area contributed by atoms with Gasteiger partial charge in [-0.2, -0.15) is 13.2 Å². The molecule has 1 saturated carbocycles. The molecule has 0 radical (unpaired) electrons. The van der Waals surface area contributed by atoms with Crippen molar-refractivity contribution in [2.24, 2.45) is 5.73 Å². The number of alkyl halides is 3. The highest BCUT2D eigenvalue weighted by atomic mass is 19.4. The molecule has 3 nitrogen and oxygen atoms in total. The van der Waals surface area contributed by atoms with Crippen LogP contribution in [0.1, 0.15) is 32.6 Å². The van der Waals surface area contributed by atoms with Gasteiger partial charge in [-0.25, -0.2) is 0 Å². The third-order valence-corrected chi connectivity index (χ3v) is 2.50. The summed E-state index contributed by atoms with van der Waals surface area (Å²) in [5.41, 5.74) is 3.46. The van der Waals surface area contributed by atoms with Crippen molar-refractivity contribution in [3.8, 4) is 0 Å². The number of nitrogens with two attached hydrogens (primary N) is 1. The Bertz CT molecular complexity index is 246. The van der Waals surface area contributed by atoms with Gasteiger partial charge in [-0.3, -0.25) is 4.79 Å². The first-order chi connectivity index (χ1) is 6.77. The number of rotatable bonds is 4. The third-order valence-electron chi connectivity index (χ3n) is 2.50. The highest BCUT2D eigenvalue weighted by Gasteiger charge is 2.64. The van der Waals surface area contributed by atoms with Crippen LogP contribution >= 0.6 is 0 Å². The fourth-order valence-corrected chi connectivity index (χ4v) is 1.29. The van der Waals surface area contributed by atoms with E-state index in [1.54, 1.807) is 6.92 Å². The van der Waals surface area contributed by atoms with E-state index >= 15 is 0 Å². The number of carbonyl (C=O) groups excluding carboxylic acids is 1. The SMILES string of the molecule is CC(N)CCC(=O)NC1(C(F)(F)F)CC1. The zero-order chi connectivity index (χ0) is 11.7. The van der Waals surface area contributed by atoms with Gasteiger partial charge < -0.3 is 11.1 Å². The minimum atomic E-state index is -4.34. The largest absolute Gasteiger partial charge is 0.411 e. The number of nitrogens with one attached hydrogen (secondary N) is 1. The molecule has 6 heteroatoms. The number of halogens is 3. The summed E-state index contributed by atoms with van der Waals surface area (Å²) in [7, 11) is 0. The van der Waals surface area contributed by atoms with Crippen molar-refractivity contribution >= 4 is 5.91 Å². The topological polar surface area (TPSA) is 55.1 Å². The second kappa shape index (κ2) is 4.00. The lowest BCUT2D eigenvalue weighted by molar-refractivity contribution is -0.170. The summed E-state index contributed by atoms with van der Waals surface area (Å²) in [6.45, 7) is 1.71. The molecule has 15 heavy (non-hydrogen) atoms. The minimum Gasteiger partial charge on any atom is -0.342 e. The highest BCUT2D eigenvalue weighted by molar-refractivity contribution is 5.77. The van der Waals surface area contributed by atoms with E-state index in [-0.39, 0.29) is 25.3 Å². The average molecular weight is 224 g/mol. The van der Waals surface area contributed by atoms with Crippen molar-refractivity contribution in [1.29, 1.82) is 0 Å². The lowest BCUT2D eigenvalue weighted by atomic mass is 10.1. The van der Waals surface area contributed by atoms with Crippen LogP contribution in [-0.4, -0.2) is 23.7 Å². The third kappa shape index (κ3) is 3.09. The lowest BCUT2D eigenvalue weighted by Crippen LogP contribution is -2.48. The first kappa shape index (κ1) is 12.3. The summed E-state index contributed by atoms with van der Waals surface area (Å²) in [6.07, 6.45) is -3.91. The molecule has 1 unspecified atom stereocenters. The van der Waals surface area contributed by atoms with Crippen molar-refractivity contribution in [2.45, 2.75) is 50.4 Å². The molecule has 0 bridgehead atoms. The summed E-state index contributed by atoms with van der Waals surface area (Å²) in [6, 6.07) is -0.170. The fourth-order valence-electron chi connectivity index (χ4n) is 1.29. The fraction of sp³-hybridized carbons (Fsp3) is 0.889. The Hall–Kier alpha value is -0.780. The lowest BCUT2D eigenvalue weighted by Gasteiger charge is -2.20. The molecular formula is C9H15F3N2O. The molecular weight excluding hydrogens is 209 g/mol. The molecule has 88 valence electrons. The Morgan fingerprint density at radius 1 is 1.53 bits per heavy atom. The van der Waals surface area contributed by atoms with E-state index in [0.29, 0.717) is 6.42 Å². The van der Waals surface area contributed by atoms with Crippen LogP contribution < -0.4 is 11.1 Å². The normalized spacial score (nSPS) is 20.9. The maximum Gasteiger partial charge on any atom is 0.411 e. The molecule has 1 aliphatic rings. The molecule has 0 aromatic rings. The van der Waals surface area contributed by atoms with Crippen LogP contribution in [0.15, 0.2) is 0 Å². The van der Waals surface area contributed by atoms with Crippen LogP contribution in [0.2, 0.25) is 0 Å². The van der Waals surface area contributed by atoms with E-state index in [9.17, 15) is 18.0 Å². The number of hydrogen-bond donors (Lipinski definition) is 2. The maximum absolute atomic E-state index is 12.4. The van der Waals surface area contributed by atoms with Gasteiger partial charge in [0.05, 0.1) is 0 Å². The second-order valence-corrected chi connectivity index (χ2v) is 4.14. The Morgan fingerprint density at radius 3 is 2.40 bits per heavy atom.